The number of para-hydroxylation sites is 2. The van der Waals surface area contributed by atoms with Gasteiger partial charge in [-0.3, -0.25) is 14.5 Å². The van der Waals surface area contributed by atoms with Crippen LogP contribution in [0.25, 0.3) is 5.76 Å². The summed E-state index contributed by atoms with van der Waals surface area (Å²) >= 11 is 12.7. The Morgan fingerprint density at radius 2 is 1.60 bits per heavy atom. The van der Waals surface area contributed by atoms with Gasteiger partial charge in [-0.05, 0) is 36.2 Å². The topological polar surface area (TPSA) is 96.3 Å². The number of aryl methyl sites for hydroxylation is 1. The number of hydrogen-bond donors (Lipinski definition) is 2. The fraction of sp³-hybridized carbons (Fsp3) is 0.154. The van der Waals surface area contributed by atoms with Crippen molar-refractivity contribution in [3.63, 3.8) is 0 Å². The van der Waals surface area contributed by atoms with Crippen LogP contribution in [0.15, 0.2) is 60.2 Å². The smallest absolute Gasteiger partial charge is 0.300 e. The lowest BCUT2D eigenvalue weighted by molar-refractivity contribution is -0.132. The number of halogens is 2. The average molecular weight is 514 g/mol. The molecule has 0 aliphatic carbocycles. The minimum Gasteiger partial charge on any atom is -0.507 e. The van der Waals surface area contributed by atoms with Crippen molar-refractivity contribution in [3.05, 3.63) is 86.9 Å². The van der Waals surface area contributed by atoms with E-state index in [0.29, 0.717) is 5.56 Å². The van der Waals surface area contributed by atoms with Gasteiger partial charge in [0.15, 0.2) is 11.5 Å². The van der Waals surface area contributed by atoms with Gasteiger partial charge in [0.2, 0.25) is 0 Å². The zero-order valence-corrected chi connectivity index (χ0v) is 20.5. The maximum Gasteiger partial charge on any atom is 0.300 e. The molecule has 1 saturated heterocycles. The Balaban J connectivity index is 2.06. The Morgan fingerprint density at radius 3 is 2.23 bits per heavy atom. The van der Waals surface area contributed by atoms with Crippen LogP contribution in [0.2, 0.25) is 10.0 Å². The molecule has 3 aromatic carbocycles. The van der Waals surface area contributed by atoms with Gasteiger partial charge >= 0.3 is 0 Å². The number of hydrogen-bond acceptors (Lipinski definition) is 6. The quantitative estimate of drug-likeness (QED) is 0.260. The van der Waals surface area contributed by atoms with Gasteiger partial charge in [-0.2, -0.15) is 0 Å². The molecule has 1 aliphatic rings. The van der Waals surface area contributed by atoms with E-state index in [2.05, 4.69) is 0 Å². The van der Waals surface area contributed by atoms with Crippen molar-refractivity contribution in [2.45, 2.75) is 13.0 Å². The molecule has 4 rings (SSSR count). The van der Waals surface area contributed by atoms with Crippen molar-refractivity contribution in [1.29, 1.82) is 0 Å². The monoisotopic (exact) mass is 513 g/mol. The Kier molecular flexibility index (Phi) is 6.65. The second kappa shape index (κ2) is 9.52. The van der Waals surface area contributed by atoms with Crippen LogP contribution in [-0.4, -0.2) is 36.1 Å². The van der Waals surface area contributed by atoms with Crippen molar-refractivity contribution in [2.24, 2.45) is 0 Å². The number of methoxy groups -OCH3 is 2. The highest BCUT2D eigenvalue weighted by Gasteiger charge is 2.48. The van der Waals surface area contributed by atoms with Gasteiger partial charge in [0.25, 0.3) is 11.7 Å². The van der Waals surface area contributed by atoms with E-state index in [9.17, 15) is 19.8 Å². The zero-order valence-electron chi connectivity index (χ0n) is 19.0. The highest BCUT2D eigenvalue weighted by molar-refractivity contribution is 6.52. The lowest BCUT2D eigenvalue weighted by atomic mass is 9.92. The fourth-order valence-corrected chi connectivity index (χ4v) is 4.92. The highest BCUT2D eigenvalue weighted by atomic mass is 35.5. The molecule has 1 fully saturated rings. The Labute approximate surface area is 211 Å². The highest BCUT2D eigenvalue weighted by Crippen LogP contribution is 2.49. The van der Waals surface area contributed by atoms with Crippen molar-refractivity contribution in [3.8, 4) is 17.2 Å². The van der Waals surface area contributed by atoms with Crippen LogP contribution in [0.1, 0.15) is 22.7 Å². The number of aliphatic hydroxyl groups excluding tert-OH is 1. The molecule has 0 spiro atoms. The minimum absolute atomic E-state index is 0.00794. The largest absolute Gasteiger partial charge is 0.507 e. The van der Waals surface area contributed by atoms with E-state index in [4.69, 9.17) is 32.7 Å². The van der Waals surface area contributed by atoms with Crippen molar-refractivity contribution in [1.82, 2.24) is 0 Å². The number of Topliss-reactive ketones (excluding diaryl/α,β-unsaturated/α-hetero) is 1. The second-order valence-electron chi connectivity index (χ2n) is 7.80. The molecule has 0 radical (unpaired) electrons. The van der Waals surface area contributed by atoms with Crippen LogP contribution >= 0.6 is 23.2 Å². The maximum atomic E-state index is 13.4. The lowest BCUT2D eigenvalue weighted by Gasteiger charge is -2.27. The van der Waals surface area contributed by atoms with Crippen molar-refractivity contribution in [2.75, 3.05) is 19.1 Å². The third-order valence-electron chi connectivity index (χ3n) is 5.86. The molecule has 1 heterocycles. The van der Waals surface area contributed by atoms with Crippen LogP contribution in [0.4, 0.5) is 5.69 Å². The summed E-state index contributed by atoms with van der Waals surface area (Å²) in [5.74, 6) is -2.43. The van der Waals surface area contributed by atoms with Crippen LogP contribution < -0.4 is 14.4 Å². The predicted molar refractivity (Wildman–Crippen MR) is 134 cm³/mol. The summed E-state index contributed by atoms with van der Waals surface area (Å²) in [5, 5.41) is 22.0. The van der Waals surface area contributed by atoms with E-state index in [1.165, 1.54) is 37.3 Å². The van der Waals surface area contributed by atoms with Gasteiger partial charge in [-0.25, -0.2) is 0 Å². The molecule has 0 saturated carbocycles. The number of benzene rings is 3. The van der Waals surface area contributed by atoms with E-state index >= 15 is 0 Å². The zero-order chi connectivity index (χ0) is 25.4. The first-order valence-corrected chi connectivity index (χ1v) is 11.2. The number of carbonyl (C=O) groups excluding carboxylic acids is 2. The number of anilines is 1. The van der Waals surface area contributed by atoms with E-state index < -0.39 is 23.5 Å². The summed E-state index contributed by atoms with van der Waals surface area (Å²) in [5.41, 5.74) is 1.28. The molecule has 180 valence electrons. The third-order valence-corrected chi connectivity index (χ3v) is 6.49. The van der Waals surface area contributed by atoms with Gasteiger partial charge < -0.3 is 19.7 Å². The average Bonchev–Trinajstić information content (AvgIpc) is 3.09. The predicted octanol–water partition coefficient (Wildman–Crippen LogP) is 5.65. The number of aliphatic hydroxyl groups is 1. The number of ether oxygens (including phenoxy) is 2. The molecule has 0 bridgehead atoms. The third kappa shape index (κ3) is 3.96. The molecule has 0 aromatic heterocycles. The van der Waals surface area contributed by atoms with Gasteiger partial charge in [0, 0.05) is 0 Å². The Hall–Kier alpha value is -3.68. The van der Waals surface area contributed by atoms with Gasteiger partial charge in [-0.15, -0.1) is 0 Å². The molecular weight excluding hydrogens is 493 g/mol. The summed E-state index contributed by atoms with van der Waals surface area (Å²) < 4.78 is 10.6. The van der Waals surface area contributed by atoms with E-state index in [-0.39, 0.29) is 44.1 Å². The minimum atomic E-state index is -1.05. The molecule has 9 heteroatoms. The summed E-state index contributed by atoms with van der Waals surface area (Å²) in [6.07, 6.45) is 0. The lowest BCUT2D eigenvalue weighted by Crippen LogP contribution is -2.29. The van der Waals surface area contributed by atoms with Crippen LogP contribution in [0.3, 0.4) is 0 Å². The standard InChI is InChI=1S/C26H21Cl2NO6/c1-13-8-4-5-9-14(13)21-19(23(32)26(33)29(21)17-10-6-7-11-18(17)30)22(31)15-12-16(27)25(35-3)20(28)24(15)34-2/h4-12,21,30-31H,1-3H3/b22-19+. The van der Waals surface area contributed by atoms with E-state index in [1.54, 1.807) is 24.3 Å². The van der Waals surface area contributed by atoms with Crippen molar-refractivity contribution < 1.29 is 29.3 Å². The molecule has 3 aromatic rings. The Bertz CT molecular complexity index is 1380. The number of ketones is 1. The first kappa shape index (κ1) is 24.4. The summed E-state index contributed by atoms with van der Waals surface area (Å²) in [6.45, 7) is 1.82. The molecule has 1 amide bonds. The molecular formula is C26H21Cl2NO6. The molecule has 1 atom stereocenters. The van der Waals surface area contributed by atoms with Crippen LogP contribution in [0, 0.1) is 6.92 Å². The number of amides is 1. The van der Waals surface area contributed by atoms with E-state index in [1.807, 2.05) is 19.1 Å². The molecule has 1 unspecified atom stereocenters. The fourth-order valence-electron chi connectivity index (χ4n) is 4.23. The summed E-state index contributed by atoms with van der Waals surface area (Å²) in [6, 6.07) is 13.6. The first-order valence-electron chi connectivity index (χ1n) is 10.5. The van der Waals surface area contributed by atoms with E-state index in [0.717, 1.165) is 5.56 Å². The molecule has 2 N–H and O–H groups in total. The Morgan fingerprint density at radius 1 is 0.971 bits per heavy atom. The van der Waals surface area contributed by atoms with Crippen LogP contribution in [0.5, 0.6) is 17.2 Å². The summed E-state index contributed by atoms with van der Waals surface area (Å²) in [7, 11) is 2.72. The molecule has 35 heavy (non-hydrogen) atoms. The first-order chi connectivity index (χ1) is 16.7. The number of phenolic OH excluding ortho intramolecular Hbond substituents is 1. The number of carbonyl (C=O) groups is 2. The van der Waals surface area contributed by atoms with Gasteiger partial charge in [0.1, 0.15) is 16.5 Å². The van der Waals surface area contributed by atoms with Crippen LogP contribution in [-0.2, 0) is 9.59 Å². The maximum absolute atomic E-state index is 13.4. The number of nitrogens with zero attached hydrogens (tertiary/aromatic N) is 1. The number of aromatic hydroxyl groups is 1. The number of rotatable bonds is 5. The van der Waals surface area contributed by atoms with Gasteiger partial charge in [0.05, 0.1) is 42.1 Å². The summed E-state index contributed by atoms with van der Waals surface area (Å²) in [4.78, 5) is 27.9. The SMILES string of the molecule is COc1c(Cl)cc(/C(O)=C2\C(=O)C(=O)N(c3ccccc3O)C2c2ccccc2C)c(OC)c1Cl. The second-order valence-corrected chi connectivity index (χ2v) is 8.59. The normalized spacial score (nSPS) is 17.1. The van der Waals surface area contributed by atoms with Crippen molar-refractivity contribution >= 4 is 46.3 Å². The molecule has 1 aliphatic heterocycles. The molecule has 7 nitrogen and oxygen atoms in total. The van der Waals surface area contributed by atoms with Gasteiger partial charge in [-0.1, -0.05) is 59.6 Å². The number of phenols is 1.